The average Bonchev–Trinajstić information content (AvgIpc) is 2.53. The summed E-state index contributed by atoms with van der Waals surface area (Å²) in [4.78, 5) is 4.35. The van der Waals surface area contributed by atoms with Gasteiger partial charge < -0.3 is 5.32 Å². The molecule has 0 aromatic carbocycles. The predicted octanol–water partition coefficient (Wildman–Crippen LogP) is 2.83. The van der Waals surface area contributed by atoms with Crippen molar-refractivity contribution in [1.29, 1.82) is 0 Å². The Morgan fingerprint density at radius 1 is 1.28 bits per heavy atom. The summed E-state index contributed by atoms with van der Waals surface area (Å²) in [6, 6.07) is 0. The molecule has 0 aliphatic carbocycles. The van der Waals surface area contributed by atoms with E-state index < -0.39 is 12.7 Å². The number of nitrogens with zero attached hydrogens (tertiary/aromatic N) is 3. The molecule has 0 radical (unpaired) electrons. The third-order valence-electron chi connectivity index (χ3n) is 2.64. The smallest absolute Gasteiger partial charge is 0.342 e. The van der Waals surface area contributed by atoms with E-state index in [1.54, 1.807) is 0 Å². The highest BCUT2D eigenvalue weighted by atomic mass is 19.4. The van der Waals surface area contributed by atoms with Crippen LogP contribution in [-0.4, -0.2) is 28.3 Å². The maximum Gasteiger partial charge on any atom is 0.408 e. The van der Waals surface area contributed by atoms with Gasteiger partial charge in [0.25, 0.3) is 0 Å². The van der Waals surface area contributed by atoms with Crippen molar-refractivity contribution in [3.63, 3.8) is 0 Å². The number of hydrogen-bond donors (Lipinski definition) is 1. The van der Waals surface area contributed by atoms with Crippen molar-refractivity contribution < 1.29 is 13.2 Å². The lowest BCUT2D eigenvalue weighted by Crippen LogP contribution is -2.18. The van der Waals surface area contributed by atoms with Crippen LogP contribution in [-0.2, 0) is 6.54 Å². The van der Waals surface area contributed by atoms with Gasteiger partial charge in [0, 0.05) is 19.2 Å². The van der Waals surface area contributed by atoms with Crippen LogP contribution in [0.5, 0.6) is 0 Å². The van der Waals surface area contributed by atoms with Crippen molar-refractivity contribution in [2.45, 2.75) is 38.4 Å². The molecule has 7 heteroatoms. The van der Waals surface area contributed by atoms with E-state index in [-0.39, 0.29) is 0 Å². The first-order valence-electron chi connectivity index (χ1n) is 5.92. The molecule has 0 saturated heterocycles. The minimum Gasteiger partial charge on any atom is -0.342 e. The second-order valence-corrected chi connectivity index (χ2v) is 4.31. The first kappa shape index (κ1) is 12.9. The lowest BCUT2D eigenvalue weighted by molar-refractivity contribution is -0.142. The van der Waals surface area contributed by atoms with Crippen molar-refractivity contribution in [3.8, 4) is 0 Å². The molecular formula is C11H15F3N4. The summed E-state index contributed by atoms with van der Waals surface area (Å²) in [5, 5.41) is 6.70. The molecule has 0 amide bonds. The number of amidine groups is 1. The van der Waals surface area contributed by atoms with E-state index in [0.29, 0.717) is 5.69 Å². The minimum atomic E-state index is -4.25. The fourth-order valence-electron chi connectivity index (χ4n) is 1.84. The summed E-state index contributed by atoms with van der Waals surface area (Å²) in [5.41, 5.74) is 0.555. The zero-order valence-corrected chi connectivity index (χ0v) is 9.87. The van der Waals surface area contributed by atoms with Crippen LogP contribution in [0, 0.1) is 0 Å². The number of alkyl halides is 3. The van der Waals surface area contributed by atoms with E-state index in [9.17, 15) is 13.2 Å². The van der Waals surface area contributed by atoms with E-state index in [1.807, 2.05) is 0 Å². The molecule has 1 N–H and O–H groups in total. The van der Waals surface area contributed by atoms with Crippen LogP contribution in [0.3, 0.4) is 0 Å². The number of rotatable bonds is 2. The SMILES string of the molecule is FC(F)(F)Cn1cc(NC2=NCCCCC2)cn1. The van der Waals surface area contributed by atoms with Crippen LogP contribution in [0.4, 0.5) is 18.9 Å². The van der Waals surface area contributed by atoms with Crippen LogP contribution in [0.25, 0.3) is 0 Å². The van der Waals surface area contributed by atoms with Gasteiger partial charge in [-0.05, 0) is 12.8 Å². The van der Waals surface area contributed by atoms with Gasteiger partial charge in [-0.25, -0.2) is 0 Å². The molecule has 2 rings (SSSR count). The lowest BCUT2D eigenvalue weighted by atomic mass is 10.2. The van der Waals surface area contributed by atoms with Crippen LogP contribution in [0.1, 0.15) is 25.7 Å². The molecule has 0 fully saturated rings. The van der Waals surface area contributed by atoms with Gasteiger partial charge in [0.05, 0.1) is 11.9 Å². The molecule has 0 spiro atoms. The predicted molar refractivity (Wildman–Crippen MR) is 62.7 cm³/mol. The number of aliphatic imine (C=N–C) groups is 1. The molecule has 0 unspecified atom stereocenters. The normalized spacial score (nSPS) is 17.2. The molecule has 1 aliphatic heterocycles. The Kier molecular flexibility index (Phi) is 3.88. The van der Waals surface area contributed by atoms with Gasteiger partial charge in [0.15, 0.2) is 0 Å². The van der Waals surface area contributed by atoms with Gasteiger partial charge in [-0.2, -0.15) is 18.3 Å². The van der Waals surface area contributed by atoms with Gasteiger partial charge >= 0.3 is 6.18 Å². The largest absolute Gasteiger partial charge is 0.408 e. The fourth-order valence-corrected chi connectivity index (χ4v) is 1.84. The summed E-state index contributed by atoms with van der Waals surface area (Å²) in [6.45, 7) is -0.291. The third kappa shape index (κ3) is 4.05. The van der Waals surface area contributed by atoms with Crippen LogP contribution < -0.4 is 5.32 Å². The Morgan fingerprint density at radius 2 is 2.11 bits per heavy atom. The third-order valence-corrected chi connectivity index (χ3v) is 2.64. The highest BCUT2D eigenvalue weighted by molar-refractivity contribution is 5.95. The quantitative estimate of drug-likeness (QED) is 0.888. The molecule has 100 valence electrons. The van der Waals surface area contributed by atoms with Crippen molar-refractivity contribution in [2.24, 2.45) is 4.99 Å². The fraction of sp³-hybridized carbons (Fsp3) is 0.636. The highest BCUT2D eigenvalue weighted by Crippen LogP contribution is 2.18. The van der Waals surface area contributed by atoms with Gasteiger partial charge in [0.2, 0.25) is 0 Å². The summed E-state index contributed by atoms with van der Waals surface area (Å²) in [6.07, 6.45) is 2.59. The summed E-state index contributed by atoms with van der Waals surface area (Å²) < 4.78 is 37.3. The van der Waals surface area contributed by atoms with Crippen LogP contribution >= 0.6 is 0 Å². The summed E-state index contributed by atoms with van der Waals surface area (Å²) in [7, 11) is 0. The van der Waals surface area contributed by atoms with Crippen molar-refractivity contribution in [1.82, 2.24) is 9.78 Å². The van der Waals surface area contributed by atoms with Crippen molar-refractivity contribution >= 4 is 11.5 Å². The van der Waals surface area contributed by atoms with Gasteiger partial charge in [0.1, 0.15) is 12.4 Å². The second-order valence-electron chi connectivity index (χ2n) is 4.31. The standard InChI is InChI=1S/C11H15F3N4/c12-11(13,14)8-18-7-9(6-16-18)17-10-4-2-1-3-5-15-10/h6-7H,1-5,8H2,(H,15,17). The molecule has 4 nitrogen and oxygen atoms in total. The van der Waals surface area contributed by atoms with Gasteiger partial charge in [-0.1, -0.05) is 6.42 Å². The Morgan fingerprint density at radius 3 is 2.89 bits per heavy atom. The monoisotopic (exact) mass is 260 g/mol. The lowest BCUT2D eigenvalue weighted by Gasteiger charge is -2.06. The molecule has 2 heterocycles. The van der Waals surface area contributed by atoms with Crippen molar-refractivity contribution in [3.05, 3.63) is 12.4 Å². The Labute approximate surface area is 103 Å². The molecule has 0 saturated carbocycles. The molecule has 1 aromatic rings. The molecular weight excluding hydrogens is 245 g/mol. The number of nitrogens with one attached hydrogen (secondary N) is 1. The van der Waals surface area contributed by atoms with E-state index >= 15 is 0 Å². The number of aromatic nitrogens is 2. The zero-order chi connectivity index (χ0) is 13.0. The summed E-state index contributed by atoms with van der Waals surface area (Å²) >= 11 is 0. The molecule has 0 atom stereocenters. The average molecular weight is 260 g/mol. The maximum atomic E-state index is 12.2. The van der Waals surface area contributed by atoms with Crippen LogP contribution in [0.2, 0.25) is 0 Å². The van der Waals surface area contributed by atoms with Gasteiger partial charge in [-0.3, -0.25) is 9.67 Å². The van der Waals surface area contributed by atoms with E-state index in [0.717, 1.165) is 42.7 Å². The molecule has 1 aliphatic rings. The second kappa shape index (κ2) is 5.41. The van der Waals surface area contributed by atoms with E-state index in [1.165, 1.54) is 12.4 Å². The molecule has 1 aromatic heterocycles. The number of hydrogen-bond acceptors (Lipinski definition) is 3. The Hall–Kier alpha value is -1.53. The Balaban J connectivity index is 1.95. The van der Waals surface area contributed by atoms with Crippen LogP contribution in [0.15, 0.2) is 17.4 Å². The summed E-state index contributed by atoms with van der Waals surface area (Å²) in [5.74, 6) is 0.832. The Bertz CT molecular complexity index is 422. The molecule has 0 bridgehead atoms. The minimum absolute atomic E-state index is 0.555. The van der Waals surface area contributed by atoms with E-state index in [2.05, 4.69) is 15.4 Å². The van der Waals surface area contributed by atoms with Gasteiger partial charge in [-0.15, -0.1) is 0 Å². The topological polar surface area (TPSA) is 42.2 Å². The number of halogens is 3. The first-order chi connectivity index (χ1) is 8.53. The first-order valence-corrected chi connectivity index (χ1v) is 5.92. The number of anilines is 1. The highest BCUT2D eigenvalue weighted by Gasteiger charge is 2.28. The van der Waals surface area contributed by atoms with E-state index in [4.69, 9.17) is 0 Å². The maximum absolute atomic E-state index is 12.2. The molecule has 18 heavy (non-hydrogen) atoms. The zero-order valence-electron chi connectivity index (χ0n) is 9.87. The van der Waals surface area contributed by atoms with Crippen molar-refractivity contribution in [2.75, 3.05) is 11.9 Å².